The summed E-state index contributed by atoms with van der Waals surface area (Å²) < 4.78 is 10.4. The Balaban J connectivity index is 2.19. The molecule has 3 rings (SSSR count). The highest BCUT2D eigenvalue weighted by Gasteiger charge is 2.47. The molecule has 30 heavy (non-hydrogen) atoms. The number of carbonyl (C=O) groups excluding carboxylic acids is 3. The number of hydrogen-bond donors (Lipinski definition) is 1. The van der Waals surface area contributed by atoms with E-state index < -0.39 is 23.8 Å². The van der Waals surface area contributed by atoms with E-state index in [1.807, 2.05) is 13.0 Å². The molecular weight excluding hydrogens is 406 g/mol. The number of ether oxygens (including phenoxy) is 2. The van der Waals surface area contributed by atoms with Crippen LogP contribution in [0.2, 0.25) is 5.02 Å². The van der Waals surface area contributed by atoms with Gasteiger partial charge in [0.2, 0.25) is 0 Å². The van der Waals surface area contributed by atoms with Gasteiger partial charge in [0, 0.05) is 27.9 Å². The quantitative estimate of drug-likeness (QED) is 0.575. The third kappa shape index (κ3) is 4.01. The van der Waals surface area contributed by atoms with E-state index in [1.165, 1.54) is 7.11 Å². The maximum atomic E-state index is 13.5. The number of halogens is 1. The van der Waals surface area contributed by atoms with Crippen molar-refractivity contribution in [3.63, 3.8) is 0 Å². The minimum atomic E-state index is -0.919. The molecule has 0 aromatic heterocycles. The third-order valence-corrected chi connectivity index (χ3v) is 5.72. The lowest BCUT2D eigenvalue weighted by Crippen LogP contribution is -2.43. The van der Waals surface area contributed by atoms with E-state index in [9.17, 15) is 14.4 Å². The van der Waals surface area contributed by atoms with Gasteiger partial charge >= 0.3 is 11.9 Å². The molecule has 160 valence electrons. The number of nitrogens with one attached hydrogen (secondary N) is 1. The number of dihydropyridines is 1. The number of benzene rings is 1. The van der Waals surface area contributed by atoms with E-state index in [4.69, 9.17) is 21.1 Å². The van der Waals surface area contributed by atoms with Crippen LogP contribution in [0.15, 0.2) is 46.8 Å². The Kier molecular flexibility index (Phi) is 6.36. The summed E-state index contributed by atoms with van der Waals surface area (Å²) in [5.74, 6) is -3.24. The molecule has 0 saturated heterocycles. The Hall–Kier alpha value is -2.60. The largest absolute Gasteiger partial charge is 0.468 e. The van der Waals surface area contributed by atoms with Crippen molar-refractivity contribution in [3.05, 3.63) is 57.4 Å². The normalized spacial score (nSPS) is 23.8. The second kappa shape index (κ2) is 8.64. The maximum Gasteiger partial charge on any atom is 0.337 e. The summed E-state index contributed by atoms with van der Waals surface area (Å²) in [6, 6.07) is 7.05. The summed E-state index contributed by atoms with van der Waals surface area (Å²) in [7, 11) is 1.27. The minimum absolute atomic E-state index is 0.229. The molecule has 0 amide bonds. The van der Waals surface area contributed by atoms with E-state index in [-0.39, 0.29) is 17.8 Å². The predicted octanol–water partition coefficient (Wildman–Crippen LogP) is 3.90. The lowest BCUT2D eigenvalue weighted by Gasteiger charge is -2.38. The number of allylic oxidation sites excluding steroid dienone is 3. The molecule has 0 bridgehead atoms. The Labute approximate surface area is 181 Å². The van der Waals surface area contributed by atoms with Crippen LogP contribution >= 0.6 is 11.6 Å². The van der Waals surface area contributed by atoms with E-state index in [0.29, 0.717) is 33.9 Å². The first-order chi connectivity index (χ1) is 14.1. The van der Waals surface area contributed by atoms with Crippen LogP contribution in [0.1, 0.15) is 45.6 Å². The fraction of sp³-hybridized carbons (Fsp3) is 0.435. The van der Waals surface area contributed by atoms with Crippen molar-refractivity contribution in [2.24, 2.45) is 11.8 Å². The average molecular weight is 432 g/mol. The summed E-state index contributed by atoms with van der Waals surface area (Å²) in [6.45, 7) is 7.18. The monoisotopic (exact) mass is 431 g/mol. The highest BCUT2D eigenvalue weighted by Crippen LogP contribution is 2.45. The number of esters is 2. The van der Waals surface area contributed by atoms with Crippen molar-refractivity contribution in [2.75, 3.05) is 7.11 Å². The maximum absolute atomic E-state index is 13.5. The first-order valence-corrected chi connectivity index (χ1v) is 10.3. The Morgan fingerprint density at radius 3 is 2.57 bits per heavy atom. The van der Waals surface area contributed by atoms with Crippen molar-refractivity contribution in [1.82, 2.24) is 5.32 Å². The molecule has 0 saturated carbocycles. The van der Waals surface area contributed by atoms with Crippen molar-refractivity contribution < 1.29 is 23.9 Å². The third-order valence-electron chi connectivity index (χ3n) is 5.49. The average Bonchev–Trinajstić information content (AvgIpc) is 2.65. The molecule has 1 aromatic carbocycles. The fourth-order valence-corrected chi connectivity index (χ4v) is 4.45. The number of Topliss-reactive ketones (excluding diaryl/α,β-unsaturated/α-hetero) is 1. The lowest BCUT2D eigenvalue weighted by atomic mass is 9.69. The number of rotatable bonds is 4. The topological polar surface area (TPSA) is 81.7 Å². The Morgan fingerprint density at radius 2 is 1.97 bits per heavy atom. The van der Waals surface area contributed by atoms with Gasteiger partial charge in [0.1, 0.15) is 5.92 Å². The van der Waals surface area contributed by atoms with Crippen LogP contribution in [-0.2, 0) is 23.9 Å². The second-order valence-electron chi connectivity index (χ2n) is 8.04. The zero-order chi connectivity index (χ0) is 22.2. The molecule has 1 N–H and O–H groups in total. The van der Waals surface area contributed by atoms with E-state index in [2.05, 4.69) is 5.32 Å². The smallest absolute Gasteiger partial charge is 0.337 e. The summed E-state index contributed by atoms with van der Waals surface area (Å²) in [6.07, 6.45) is 0.167. The predicted molar refractivity (Wildman–Crippen MR) is 113 cm³/mol. The lowest BCUT2D eigenvalue weighted by molar-refractivity contribution is -0.151. The van der Waals surface area contributed by atoms with Crippen LogP contribution < -0.4 is 5.32 Å². The first kappa shape index (κ1) is 22.1. The molecule has 1 heterocycles. The highest BCUT2D eigenvalue weighted by molar-refractivity contribution is 6.30. The van der Waals surface area contributed by atoms with E-state index in [0.717, 1.165) is 5.70 Å². The van der Waals surface area contributed by atoms with Crippen molar-refractivity contribution in [2.45, 2.75) is 46.1 Å². The van der Waals surface area contributed by atoms with Gasteiger partial charge in [-0.05, 0) is 50.8 Å². The van der Waals surface area contributed by atoms with Crippen LogP contribution in [0.4, 0.5) is 0 Å². The van der Waals surface area contributed by atoms with Gasteiger partial charge in [-0.3, -0.25) is 9.59 Å². The van der Waals surface area contributed by atoms with Gasteiger partial charge in [0.05, 0.1) is 18.8 Å². The molecular formula is C23H26ClNO5. The van der Waals surface area contributed by atoms with Gasteiger partial charge in [-0.1, -0.05) is 30.7 Å². The molecule has 1 aliphatic carbocycles. The highest BCUT2D eigenvalue weighted by atomic mass is 35.5. The van der Waals surface area contributed by atoms with Gasteiger partial charge < -0.3 is 14.8 Å². The van der Waals surface area contributed by atoms with Crippen LogP contribution in [0.3, 0.4) is 0 Å². The Morgan fingerprint density at radius 1 is 1.27 bits per heavy atom. The number of methoxy groups -OCH3 is 1. The number of hydrogen-bond acceptors (Lipinski definition) is 6. The molecule has 6 nitrogen and oxygen atoms in total. The van der Waals surface area contributed by atoms with E-state index in [1.54, 1.807) is 39.0 Å². The summed E-state index contributed by atoms with van der Waals surface area (Å²) >= 11 is 6.23. The second-order valence-corrected chi connectivity index (χ2v) is 8.48. The fourth-order valence-electron chi connectivity index (χ4n) is 4.25. The minimum Gasteiger partial charge on any atom is -0.468 e. The zero-order valence-electron chi connectivity index (χ0n) is 17.7. The molecule has 0 spiro atoms. The number of carbonyl (C=O) groups is 3. The molecule has 1 aliphatic heterocycles. The Bertz CT molecular complexity index is 962. The van der Waals surface area contributed by atoms with Gasteiger partial charge in [-0.15, -0.1) is 0 Å². The van der Waals surface area contributed by atoms with Gasteiger partial charge in [0.25, 0.3) is 0 Å². The zero-order valence-corrected chi connectivity index (χ0v) is 18.5. The molecule has 7 heteroatoms. The van der Waals surface area contributed by atoms with Crippen LogP contribution in [0, 0.1) is 11.8 Å². The van der Waals surface area contributed by atoms with Crippen molar-refractivity contribution >= 4 is 29.3 Å². The van der Waals surface area contributed by atoms with Crippen molar-refractivity contribution in [3.8, 4) is 0 Å². The molecule has 2 aliphatic rings. The molecule has 0 radical (unpaired) electrons. The van der Waals surface area contributed by atoms with Crippen LogP contribution in [0.25, 0.3) is 0 Å². The van der Waals surface area contributed by atoms with Crippen LogP contribution in [-0.4, -0.2) is 30.9 Å². The summed E-state index contributed by atoms with van der Waals surface area (Å²) in [5, 5.41) is 3.72. The van der Waals surface area contributed by atoms with E-state index >= 15 is 0 Å². The summed E-state index contributed by atoms with van der Waals surface area (Å²) in [5.41, 5.74) is 2.78. The number of ketones is 1. The standard InChI is InChI=1S/C23H26ClNO5/c1-11(2)30-23(28)18-13(4)25-16-9-12(3)17(22(27)29-5)21(26)20(16)19(18)14-7-6-8-15(24)10-14/h6-8,10-12,17,19,25H,9H2,1-5H3/t12-,17-,19+/m0/s1. The first-order valence-electron chi connectivity index (χ1n) is 9.95. The van der Waals surface area contributed by atoms with Gasteiger partial charge in [0.15, 0.2) is 5.78 Å². The molecule has 1 aromatic rings. The SMILES string of the molecule is COC(=O)[C@@H]1C(=O)C2=C(C[C@@H]1C)NC(C)=C(C(=O)OC(C)C)[C@H]2c1cccc(Cl)c1. The van der Waals surface area contributed by atoms with Crippen LogP contribution in [0.5, 0.6) is 0 Å². The molecule has 0 unspecified atom stereocenters. The van der Waals surface area contributed by atoms with Gasteiger partial charge in [-0.25, -0.2) is 4.79 Å². The molecule has 3 atom stereocenters. The summed E-state index contributed by atoms with van der Waals surface area (Å²) in [4.78, 5) is 38.9. The van der Waals surface area contributed by atoms with Crippen molar-refractivity contribution in [1.29, 1.82) is 0 Å². The molecule has 0 fully saturated rings. The van der Waals surface area contributed by atoms with Gasteiger partial charge in [-0.2, -0.15) is 0 Å².